The molecule has 11 nitrogen and oxygen atoms in total. The third-order valence-corrected chi connectivity index (χ3v) is 15.8. The number of hydrogen-bond acceptors (Lipinski definition) is 10. The Hall–Kier alpha value is -2.12. The van der Waals surface area contributed by atoms with Gasteiger partial charge in [-0.25, -0.2) is 0 Å². The molecule has 1 fully saturated rings. The van der Waals surface area contributed by atoms with Gasteiger partial charge in [-0.2, -0.15) is 0 Å². The first kappa shape index (κ1) is 73.9. The van der Waals surface area contributed by atoms with Crippen molar-refractivity contribution in [1.82, 2.24) is 5.32 Å². The van der Waals surface area contributed by atoms with Crippen LogP contribution in [0.5, 0.6) is 0 Å². The van der Waals surface area contributed by atoms with Crippen molar-refractivity contribution in [3.63, 3.8) is 0 Å². The summed E-state index contributed by atoms with van der Waals surface area (Å²) >= 11 is 0. The molecule has 1 aliphatic rings. The minimum Gasteiger partial charge on any atom is -0.454 e. The molecule has 11 heteroatoms. The van der Waals surface area contributed by atoms with Crippen LogP contribution in [0.3, 0.4) is 0 Å². The van der Waals surface area contributed by atoms with Gasteiger partial charge in [0.2, 0.25) is 5.91 Å². The topological polar surface area (TPSA) is 175 Å². The molecule has 0 saturated carbocycles. The molecule has 8 unspecified atom stereocenters. The molecule has 1 aliphatic heterocycles. The van der Waals surface area contributed by atoms with Crippen molar-refractivity contribution in [2.45, 2.75) is 365 Å². The van der Waals surface area contributed by atoms with E-state index in [4.69, 9.17) is 14.2 Å². The Bertz CT molecular complexity index is 1410. The van der Waals surface area contributed by atoms with E-state index in [0.29, 0.717) is 19.3 Å². The Kier molecular flexibility index (Phi) is 52.5. The summed E-state index contributed by atoms with van der Waals surface area (Å²) in [6.07, 6.45) is 56.2. The van der Waals surface area contributed by atoms with E-state index in [2.05, 4.69) is 50.4 Å². The van der Waals surface area contributed by atoms with E-state index in [1.165, 1.54) is 205 Å². The summed E-state index contributed by atoms with van der Waals surface area (Å²) in [5.74, 6) is -1.20. The molecule has 458 valence electrons. The van der Waals surface area contributed by atoms with Gasteiger partial charge in [0.05, 0.1) is 25.4 Å². The summed E-state index contributed by atoms with van der Waals surface area (Å²) < 4.78 is 17.6. The molecule has 1 amide bonds. The fourth-order valence-electron chi connectivity index (χ4n) is 10.5. The Morgan fingerprint density at radius 2 is 0.846 bits per heavy atom. The molecule has 1 saturated heterocycles. The zero-order chi connectivity index (χ0) is 56.8. The molecule has 0 aromatic carbocycles. The van der Waals surface area contributed by atoms with E-state index < -0.39 is 67.4 Å². The maximum atomic E-state index is 13.5. The quantitative estimate of drug-likeness (QED) is 0.0195. The molecule has 0 radical (unpaired) electrons. The highest BCUT2D eigenvalue weighted by Crippen LogP contribution is 2.26. The smallest absolute Gasteiger partial charge is 0.306 e. The first-order valence-corrected chi connectivity index (χ1v) is 33.3. The number of esters is 1. The summed E-state index contributed by atoms with van der Waals surface area (Å²) in [5.41, 5.74) is 0. The van der Waals surface area contributed by atoms with Gasteiger partial charge in [-0.3, -0.25) is 9.59 Å². The van der Waals surface area contributed by atoms with Gasteiger partial charge >= 0.3 is 5.97 Å². The highest BCUT2D eigenvalue weighted by Gasteiger charge is 2.47. The minimum atomic E-state index is -1.62. The predicted molar refractivity (Wildman–Crippen MR) is 324 cm³/mol. The van der Waals surface area contributed by atoms with Gasteiger partial charge in [-0.1, -0.05) is 269 Å². The molecule has 78 heavy (non-hydrogen) atoms. The van der Waals surface area contributed by atoms with Crippen LogP contribution in [0.4, 0.5) is 0 Å². The first-order chi connectivity index (χ1) is 38.2. The van der Waals surface area contributed by atoms with Crippen LogP contribution in [0.25, 0.3) is 0 Å². The second-order valence-corrected chi connectivity index (χ2v) is 23.2. The standard InChI is InChI=1S/C67H125NO10/c1-4-7-10-13-16-19-22-25-27-28-29-30-31-32-33-34-36-39-42-45-48-51-54-60(71)66(75)68-58(59(70)53-50-47-44-41-38-35-24-21-18-15-12-9-6-3)57-76-67-65(64(74)63(73)61(56-69)77-67)78-62(72)55-52-49-46-43-40-37-26-23-20-17-14-11-8-5-2/h25,27,37,40,50,53,58-61,63-65,67,69-71,73-74H,4-24,26,28-36,38-39,41-49,51-52,54-57H2,1-3H3,(H,68,75)/b27-25+,40-37-,53-50+. The largest absolute Gasteiger partial charge is 0.454 e. The van der Waals surface area contributed by atoms with Gasteiger partial charge in [0.25, 0.3) is 0 Å². The maximum Gasteiger partial charge on any atom is 0.306 e. The van der Waals surface area contributed by atoms with Crippen LogP contribution < -0.4 is 5.32 Å². The van der Waals surface area contributed by atoms with Gasteiger partial charge < -0.3 is 45.1 Å². The number of nitrogens with one attached hydrogen (secondary N) is 1. The number of ether oxygens (including phenoxy) is 3. The Labute approximate surface area is 479 Å². The lowest BCUT2D eigenvalue weighted by Gasteiger charge is -2.41. The molecule has 1 rings (SSSR count). The van der Waals surface area contributed by atoms with Crippen molar-refractivity contribution in [2.75, 3.05) is 13.2 Å². The van der Waals surface area contributed by atoms with Crippen LogP contribution in [-0.4, -0.2) is 99.6 Å². The number of allylic oxidation sites excluding steroid dienone is 5. The van der Waals surface area contributed by atoms with E-state index in [1.807, 2.05) is 6.08 Å². The van der Waals surface area contributed by atoms with Crippen molar-refractivity contribution >= 4 is 11.9 Å². The molecular formula is C67H125NO10. The van der Waals surface area contributed by atoms with E-state index in [9.17, 15) is 35.1 Å². The number of amides is 1. The predicted octanol–water partition coefficient (Wildman–Crippen LogP) is 16.2. The van der Waals surface area contributed by atoms with Gasteiger partial charge in [0, 0.05) is 6.42 Å². The highest BCUT2D eigenvalue weighted by molar-refractivity contribution is 5.80. The normalized spacial score (nSPS) is 19.1. The highest BCUT2D eigenvalue weighted by atomic mass is 16.7. The van der Waals surface area contributed by atoms with Crippen LogP contribution in [0.15, 0.2) is 36.5 Å². The second kappa shape index (κ2) is 55.4. The van der Waals surface area contributed by atoms with Crippen molar-refractivity contribution < 1.29 is 49.3 Å². The number of rotatable bonds is 57. The van der Waals surface area contributed by atoms with Crippen LogP contribution in [-0.2, 0) is 23.8 Å². The average Bonchev–Trinajstić information content (AvgIpc) is 3.45. The molecule has 6 N–H and O–H groups in total. The van der Waals surface area contributed by atoms with Crippen molar-refractivity contribution in [2.24, 2.45) is 0 Å². The summed E-state index contributed by atoms with van der Waals surface area (Å²) in [6, 6.07) is -1.02. The third kappa shape index (κ3) is 42.7. The van der Waals surface area contributed by atoms with Crippen LogP contribution >= 0.6 is 0 Å². The molecule has 8 atom stereocenters. The third-order valence-electron chi connectivity index (χ3n) is 15.8. The fraction of sp³-hybridized carbons (Fsp3) is 0.881. The minimum absolute atomic E-state index is 0.106. The monoisotopic (exact) mass is 1100 g/mol. The van der Waals surface area contributed by atoms with E-state index in [1.54, 1.807) is 6.08 Å². The number of carbonyl (C=O) groups excluding carboxylic acids is 2. The maximum absolute atomic E-state index is 13.5. The SMILES string of the molecule is CCCCCCCC/C=C/CCCCCCCCCCCCCCC(O)C(=O)NC(COC1OC(CO)C(O)C(O)C1OC(=O)CCCCC/C=C\CCCCCCCCC)C(O)/C=C/CCCCCCCCCCCCC. The van der Waals surface area contributed by atoms with E-state index in [-0.39, 0.29) is 13.0 Å². The van der Waals surface area contributed by atoms with E-state index in [0.717, 1.165) is 64.2 Å². The zero-order valence-corrected chi connectivity index (χ0v) is 50.8. The lowest BCUT2D eigenvalue weighted by molar-refractivity contribution is -0.305. The molecule has 1 heterocycles. The van der Waals surface area contributed by atoms with Gasteiger partial charge in [0.15, 0.2) is 12.4 Å². The van der Waals surface area contributed by atoms with Crippen molar-refractivity contribution in [1.29, 1.82) is 0 Å². The fourth-order valence-corrected chi connectivity index (χ4v) is 10.5. The number of carbonyl (C=O) groups is 2. The summed E-state index contributed by atoms with van der Waals surface area (Å²) in [7, 11) is 0. The molecular weight excluding hydrogens is 979 g/mol. The lowest BCUT2D eigenvalue weighted by atomic mass is 9.99. The number of hydrogen-bond donors (Lipinski definition) is 6. The summed E-state index contributed by atoms with van der Waals surface area (Å²) in [4.78, 5) is 26.6. The summed E-state index contributed by atoms with van der Waals surface area (Å²) in [5, 5.41) is 57.1. The van der Waals surface area contributed by atoms with Crippen molar-refractivity contribution in [3.8, 4) is 0 Å². The van der Waals surface area contributed by atoms with Gasteiger partial charge in [-0.15, -0.1) is 0 Å². The Balaban J connectivity index is 2.63. The lowest BCUT2D eigenvalue weighted by Crippen LogP contribution is -2.61. The number of unbranched alkanes of at least 4 members (excludes halogenated alkanes) is 39. The van der Waals surface area contributed by atoms with Crippen LogP contribution in [0.1, 0.15) is 316 Å². The molecule has 0 spiro atoms. The number of aliphatic hydroxyl groups is 5. The first-order valence-electron chi connectivity index (χ1n) is 33.3. The Morgan fingerprint density at radius 3 is 1.24 bits per heavy atom. The molecule has 0 aliphatic carbocycles. The Morgan fingerprint density at radius 1 is 0.487 bits per heavy atom. The zero-order valence-electron chi connectivity index (χ0n) is 50.8. The van der Waals surface area contributed by atoms with Gasteiger partial charge in [0.1, 0.15) is 24.4 Å². The van der Waals surface area contributed by atoms with E-state index >= 15 is 0 Å². The van der Waals surface area contributed by atoms with Crippen molar-refractivity contribution in [3.05, 3.63) is 36.5 Å². The molecule has 0 aromatic rings. The number of aliphatic hydroxyl groups excluding tert-OH is 5. The average molecular weight is 1100 g/mol. The molecule has 0 aromatic heterocycles. The van der Waals surface area contributed by atoms with Crippen LogP contribution in [0, 0.1) is 0 Å². The van der Waals surface area contributed by atoms with Gasteiger partial charge in [-0.05, 0) is 77.0 Å². The molecule has 0 bridgehead atoms. The summed E-state index contributed by atoms with van der Waals surface area (Å²) in [6.45, 7) is 5.80. The van der Waals surface area contributed by atoms with Crippen LogP contribution in [0.2, 0.25) is 0 Å². The second-order valence-electron chi connectivity index (χ2n) is 23.2.